The average Bonchev–Trinajstić information content (AvgIpc) is 2.55. The van der Waals surface area contributed by atoms with Gasteiger partial charge in [0, 0.05) is 31.0 Å². The van der Waals surface area contributed by atoms with Crippen LogP contribution in [0.5, 0.6) is 0 Å². The average molecular weight is 354 g/mol. The van der Waals surface area contributed by atoms with E-state index in [9.17, 15) is 18.4 Å². The van der Waals surface area contributed by atoms with E-state index < -0.39 is 29.7 Å². The zero-order valence-corrected chi connectivity index (χ0v) is 14.3. The maximum absolute atomic E-state index is 14.2. The molecule has 2 amide bonds. The molecule has 1 N–H and O–H groups in total. The van der Waals surface area contributed by atoms with Crippen LogP contribution in [0.1, 0.15) is 25.5 Å². The fraction of sp³-hybridized carbons (Fsp3) is 0.412. The number of rotatable bonds is 6. The highest BCUT2D eigenvalue weighted by Gasteiger charge is 2.37. The van der Waals surface area contributed by atoms with Crippen LogP contribution in [0.15, 0.2) is 29.5 Å². The highest BCUT2D eigenvalue weighted by Crippen LogP contribution is 2.32. The van der Waals surface area contributed by atoms with Crippen molar-refractivity contribution in [1.82, 2.24) is 10.2 Å². The number of nitrogens with one attached hydrogen (secondary N) is 1. The molecule has 0 aliphatic carbocycles. The predicted molar refractivity (Wildman–Crippen MR) is 85.5 cm³/mol. The summed E-state index contributed by atoms with van der Waals surface area (Å²) < 4.78 is 37.4. The van der Waals surface area contributed by atoms with Gasteiger partial charge in [-0.15, -0.1) is 0 Å². The molecule has 8 heteroatoms. The van der Waals surface area contributed by atoms with Crippen molar-refractivity contribution < 1.29 is 27.8 Å². The molecule has 0 radical (unpaired) electrons. The normalized spacial score (nSPS) is 17.6. The summed E-state index contributed by atoms with van der Waals surface area (Å²) in [5, 5.41) is 2.58. The molecule has 1 aliphatic rings. The standard InChI is InChI=1S/C17H20F2N2O4/c1-4-21-10(2)14(16(22)25-8-7-24-3)15(20-17(21)23)12-6-5-11(18)9-13(12)19/h5-6,9,15H,4,7-8H2,1-3H3,(H,20,23)/t15-/m0/s1. The summed E-state index contributed by atoms with van der Waals surface area (Å²) in [4.78, 5) is 26.1. The van der Waals surface area contributed by atoms with E-state index in [2.05, 4.69) is 5.32 Å². The van der Waals surface area contributed by atoms with Crippen LogP contribution in [0.4, 0.5) is 13.6 Å². The van der Waals surface area contributed by atoms with Gasteiger partial charge < -0.3 is 14.8 Å². The lowest BCUT2D eigenvalue weighted by molar-refractivity contribution is -0.140. The van der Waals surface area contributed by atoms with E-state index in [0.717, 1.165) is 6.07 Å². The second-order valence-corrected chi connectivity index (χ2v) is 5.42. The van der Waals surface area contributed by atoms with Gasteiger partial charge in [-0.25, -0.2) is 18.4 Å². The van der Waals surface area contributed by atoms with Crippen molar-refractivity contribution in [3.05, 3.63) is 46.7 Å². The topological polar surface area (TPSA) is 67.9 Å². The fourth-order valence-electron chi connectivity index (χ4n) is 2.69. The highest BCUT2D eigenvalue weighted by molar-refractivity contribution is 5.95. The Morgan fingerprint density at radius 3 is 2.64 bits per heavy atom. The molecule has 136 valence electrons. The number of methoxy groups -OCH3 is 1. The molecule has 0 unspecified atom stereocenters. The Morgan fingerprint density at radius 2 is 2.04 bits per heavy atom. The molecule has 0 aromatic heterocycles. The number of allylic oxidation sites excluding steroid dienone is 1. The number of halogens is 2. The molecule has 1 aromatic carbocycles. The molecule has 1 aromatic rings. The van der Waals surface area contributed by atoms with Crippen LogP contribution in [0.3, 0.4) is 0 Å². The minimum absolute atomic E-state index is 0.0106. The Bertz CT molecular complexity index is 706. The number of carbonyl (C=O) groups is 2. The second-order valence-electron chi connectivity index (χ2n) is 5.42. The van der Waals surface area contributed by atoms with Gasteiger partial charge in [-0.05, 0) is 19.9 Å². The molecule has 2 rings (SSSR count). The van der Waals surface area contributed by atoms with Gasteiger partial charge >= 0.3 is 12.0 Å². The van der Waals surface area contributed by atoms with E-state index in [1.165, 1.54) is 18.1 Å². The van der Waals surface area contributed by atoms with Crippen LogP contribution >= 0.6 is 0 Å². The van der Waals surface area contributed by atoms with Crippen molar-refractivity contribution in [3.8, 4) is 0 Å². The Labute approximate surface area is 144 Å². The largest absolute Gasteiger partial charge is 0.460 e. The van der Waals surface area contributed by atoms with Crippen LogP contribution in [0.25, 0.3) is 0 Å². The van der Waals surface area contributed by atoms with Crippen LogP contribution in [0.2, 0.25) is 0 Å². The van der Waals surface area contributed by atoms with E-state index in [1.54, 1.807) is 13.8 Å². The number of hydrogen-bond acceptors (Lipinski definition) is 4. The van der Waals surface area contributed by atoms with Crippen molar-refractivity contribution in [3.63, 3.8) is 0 Å². The summed E-state index contributed by atoms with van der Waals surface area (Å²) in [7, 11) is 1.47. The second kappa shape index (κ2) is 8.06. The summed E-state index contributed by atoms with van der Waals surface area (Å²) in [6, 6.07) is 1.44. The van der Waals surface area contributed by atoms with Crippen LogP contribution in [-0.4, -0.2) is 43.8 Å². The number of hydrogen-bond donors (Lipinski definition) is 1. The SMILES string of the molecule is CCN1C(=O)N[C@@H](c2ccc(F)cc2F)C(C(=O)OCCOC)=C1C. The van der Waals surface area contributed by atoms with E-state index in [4.69, 9.17) is 9.47 Å². The number of esters is 1. The van der Waals surface area contributed by atoms with Gasteiger partial charge in [0.1, 0.15) is 18.2 Å². The van der Waals surface area contributed by atoms with Crippen LogP contribution in [-0.2, 0) is 14.3 Å². The van der Waals surface area contributed by atoms with Gasteiger partial charge in [0.05, 0.1) is 18.2 Å². The Morgan fingerprint density at radius 1 is 1.32 bits per heavy atom. The number of benzene rings is 1. The molecule has 1 aliphatic heterocycles. The highest BCUT2D eigenvalue weighted by atomic mass is 19.1. The maximum Gasteiger partial charge on any atom is 0.338 e. The van der Waals surface area contributed by atoms with Gasteiger partial charge in [0.2, 0.25) is 0 Å². The first-order valence-electron chi connectivity index (χ1n) is 7.80. The Kier molecular flexibility index (Phi) is 6.08. The van der Waals surface area contributed by atoms with E-state index >= 15 is 0 Å². The van der Waals surface area contributed by atoms with Crippen molar-refractivity contribution >= 4 is 12.0 Å². The molecule has 0 spiro atoms. The van der Waals surface area contributed by atoms with Gasteiger partial charge in [-0.2, -0.15) is 0 Å². The number of nitrogens with zero attached hydrogens (tertiary/aromatic N) is 1. The van der Waals surface area contributed by atoms with Crippen molar-refractivity contribution in [2.75, 3.05) is 26.9 Å². The lowest BCUT2D eigenvalue weighted by atomic mass is 9.94. The Balaban J connectivity index is 2.46. The first-order valence-corrected chi connectivity index (χ1v) is 7.80. The van der Waals surface area contributed by atoms with Crippen LogP contribution < -0.4 is 5.32 Å². The quantitative estimate of drug-likeness (QED) is 0.630. The molecule has 25 heavy (non-hydrogen) atoms. The summed E-state index contributed by atoms with van der Waals surface area (Å²) >= 11 is 0. The Hall–Kier alpha value is -2.48. The molecule has 1 atom stereocenters. The minimum Gasteiger partial charge on any atom is -0.460 e. The molecule has 0 saturated carbocycles. The lowest BCUT2D eigenvalue weighted by Gasteiger charge is -2.34. The number of amides is 2. The monoisotopic (exact) mass is 354 g/mol. The smallest absolute Gasteiger partial charge is 0.338 e. The summed E-state index contributed by atoms with van der Waals surface area (Å²) in [6.45, 7) is 3.88. The van der Waals surface area contributed by atoms with E-state index in [1.807, 2.05) is 0 Å². The summed E-state index contributed by atoms with van der Waals surface area (Å²) in [5.41, 5.74) is 0.453. The molecule has 0 fully saturated rings. The number of carbonyl (C=O) groups excluding carboxylic acids is 2. The van der Waals surface area contributed by atoms with Crippen molar-refractivity contribution in [2.24, 2.45) is 0 Å². The van der Waals surface area contributed by atoms with Crippen LogP contribution in [0, 0.1) is 11.6 Å². The lowest BCUT2D eigenvalue weighted by Crippen LogP contribution is -2.48. The van der Waals surface area contributed by atoms with Crippen molar-refractivity contribution in [2.45, 2.75) is 19.9 Å². The minimum atomic E-state index is -1.06. The molecular formula is C17H20F2N2O4. The zero-order valence-electron chi connectivity index (χ0n) is 14.3. The van der Waals surface area contributed by atoms with E-state index in [0.29, 0.717) is 18.3 Å². The first kappa shape index (κ1) is 18.9. The third-order valence-electron chi connectivity index (χ3n) is 3.93. The van der Waals surface area contributed by atoms with Gasteiger partial charge in [0.25, 0.3) is 0 Å². The molecule has 1 heterocycles. The summed E-state index contributed by atoms with van der Waals surface area (Å²) in [6.07, 6.45) is 0. The van der Waals surface area contributed by atoms with Gasteiger partial charge in [-0.1, -0.05) is 6.07 Å². The molecule has 0 saturated heterocycles. The van der Waals surface area contributed by atoms with Gasteiger partial charge in [-0.3, -0.25) is 4.90 Å². The van der Waals surface area contributed by atoms with E-state index in [-0.39, 0.29) is 24.4 Å². The number of ether oxygens (including phenoxy) is 2. The fourth-order valence-corrected chi connectivity index (χ4v) is 2.69. The maximum atomic E-state index is 14.2. The zero-order chi connectivity index (χ0) is 18.6. The summed E-state index contributed by atoms with van der Waals surface area (Å²) in [5.74, 6) is -2.30. The molecule has 0 bridgehead atoms. The molecular weight excluding hydrogens is 334 g/mol. The predicted octanol–water partition coefficient (Wildman–Crippen LogP) is 2.51. The number of urea groups is 1. The van der Waals surface area contributed by atoms with Crippen molar-refractivity contribution in [1.29, 1.82) is 0 Å². The third-order valence-corrected chi connectivity index (χ3v) is 3.93. The first-order chi connectivity index (χ1) is 11.9. The van der Waals surface area contributed by atoms with Gasteiger partial charge in [0.15, 0.2) is 0 Å². The molecule has 6 nitrogen and oxygen atoms in total. The third kappa shape index (κ3) is 3.96.